The van der Waals surface area contributed by atoms with E-state index < -0.39 is 12.0 Å². The van der Waals surface area contributed by atoms with Crippen LogP contribution in [0.15, 0.2) is 34.8 Å². The molecule has 0 aliphatic rings. The number of carbonyl (C=O) groups is 2. The maximum absolute atomic E-state index is 12.1. The standard InChI is InChI=1S/C16H16BrNO4S/c1-9-3-5-11(23-9)8-14(19)18-15(16(20)21)10-4-6-13(22-2)12(17)7-10/h3-7,15H,8H2,1-2H3,(H,18,19)(H,20,21). The molecule has 23 heavy (non-hydrogen) atoms. The Morgan fingerprint density at radius 2 is 2.09 bits per heavy atom. The van der Waals surface area contributed by atoms with E-state index in [1.54, 1.807) is 18.2 Å². The molecule has 1 heterocycles. The van der Waals surface area contributed by atoms with Crippen LogP contribution in [0.3, 0.4) is 0 Å². The molecule has 0 aliphatic carbocycles. The van der Waals surface area contributed by atoms with Gasteiger partial charge in [0, 0.05) is 9.75 Å². The highest BCUT2D eigenvalue weighted by atomic mass is 79.9. The van der Waals surface area contributed by atoms with Gasteiger partial charge in [-0.05, 0) is 52.7 Å². The molecular weight excluding hydrogens is 382 g/mol. The van der Waals surface area contributed by atoms with Gasteiger partial charge >= 0.3 is 5.97 Å². The number of nitrogens with one attached hydrogen (secondary N) is 1. The average molecular weight is 398 g/mol. The molecule has 1 amide bonds. The molecule has 0 fully saturated rings. The van der Waals surface area contributed by atoms with Crippen molar-refractivity contribution in [2.24, 2.45) is 0 Å². The number of carboxylic acids is 1. The summed E-state index contributed by atoms with van der Waals surface area (Å²) in [4.78, 5) is 25.6. The smallest absolute Gasteiger partial charge is 0.330 e. The Balaban J connectivity index is 2.13. The van der Waals surface area contributed by atoms with Gasteiger partial charge in [-0.2, -0.15) is 0 Å². The van der Waals surface area contributed by atoms with E-state index in [4.69, 9.17) is 4.74 Å². The zero-order chi connectivity index (χ0) is 17.0. The Morgan fingerprint density at radius 3 is 2.61 bits per heavy atom. The minimum absolute atomic E-state index is 0.166. The molecule has 0 saturated carbocycles. The maximum Gasteiger partial charge on any atom is 0.330 e. The van der Waals surface area contributed by atoms with Crippen molar-refractivity contribution < 1.29 is 19.4 Å². The number of methoxy groups -OCH3 is 1. The molecule has 1 unspecified atom stereocenters. The first kappa shape index (κ1) is 17.5. The van der Waals surface area contributed by atoms with Gasteiger partial charge in [-0.3, -0.25) is 4.79 Å². The topological polar surface area (TPSA) is 75.6 Å². The first-order valence-corrected chi connectivity index (χ1v) is 8.42. The van der Waals surface area contributed by atoms with Crippen molar-refractivity contribution in [3.63, 3.8) is 0 Å². The average Bonchev–Trinajstić information content (AvgIpc) is 2.89. The quantitative estimate of drug-likeness (QED) is 0.783. The molecule has 122 valence electrons. The molecule has 1 atom stereocenters. The fourth-order valence-electron chi connectivity index (χ4n) is 2.10. The molecule has 0 bridgehead atoms. The van der Waals surface area contributed by atoms with E-state index >= 15 is 0 Å². The lowest BCUT2D eigenvalue weighted by molar-refractivity contribution is -0.141. The summed E-state index contributed by atoms with van der Waals surface area (Å²) in [6.07, 6.45) is 0.166. The summed E-state index contributed by atoms with van der Waals surface area (Å²) in [5.74, 6) is -0.845. The Hall–Kier alpha value is -1.86. The van der Waals surface area contributed by atoms with Gasteiger partial charge in [0.25, 0.3) is 0 Å². The lowest BCUT2D eigenvalue weighted by Gasteiger charge is -2.16. The fourth-order valence-corrected chi connectivity index (χ4v) is 3.55. The van der Waals surface area contributed by atoms with Gasteiger partial charge in [-0.1, -0.05) is 6.07 Å². The number of amides is 1. The molecule has 5 nitrogen and oxygen atoms in total. The number of aliphatic carboxylic acids is 1. The predicted octanol–water partition coefficient (Wildman–Crippen LogP) is 3.31. The number of thiophene rings is 1. The number of benzene rings is 1. The molecule has 0 radical (unpaired) electrons. The normalized spacial score (nSPS) is 11.8. The number of carboxylic acid groups (broad SMARTS) is 1. The van der Waals surface area contributed by atoms with Gasteiger partial charge in [-0.25, -0.2) is 4.79 Å². The third-order valence-electron chi connectivity index (χ3n) is 3.19. The molecule has 0 saturated heterocycles. The maximum atomic E-state index is 12.1. The SMILES string of the molecule is COc1ccc(C(NC(=O)Cc2ccc(C)s2)C(=O)O)cc1Br. The largest absolute Gasteiger partial charge is 0.496 e. The van der Waals surface area contributed by atoms with Crippen molar-refractivity contribution in [2.75, 3.05) is 7.11 Å². The van der Waals surface area contributed by atoms with Crippen LogP contribution in [-0.2, 0) is 16.0 Å². The zero-order valence-electron chi connectivity index (χ0n) is 12.6. The van der Waals surface area contributed by atoms with Gasteiger partial charge in [0.15, 0.2) is 6.04 Å². The number of rotatable bonds is 6. The Kier molecular flexibility index (Phi) is 5.79. The minimum atomic E-state index is -1.11. The monoisotopic (exact) mass is 397 g/mol. The predicted molar refractivity (Wildman–Crippen MR) is 92.0 cm³/mol. The van der Waals surface area contributed by atoms with Gasteiger partial charge in [0.1, 0.15) is 5.75 Å². The molecule has 2 N–H and O–H groups in total. The van der Waals surface area contributed by atoms with Crippen LogP contribution < -0.4 is 10.1 Å². The van der Waals surface area contributed by atoms with Gasteiger partial charge in [0.05, 0.1) is 18.0 Å². The van der Waals surface area contributed by atoms with Gasteiger partial charge in [0.2, 0.25) is 5.91 Å². The van der Waals surface area contributed by atoms with Crippen molar-refractivity contribution >= 4 is 39.1 Å². The molecule has 0 spiro atoms. The Bertz CT molecular complexity index is 729. The number of hydrogen-bond acceptors (Lipinski definition) is 4. The van der Waals surface area contributed by atoms with Gasteiger partial charge in [-0.15, -0.1) is 11.3 Å². The fraction of sp³-hybridized carbons (Fsp3) is 0.250. The summed E-state index contributed by atoms with van der Waals surface area (Å²) >= 11 is 4.84. The van der Waals surface area contributed by atoms with Crippen LogP contribution in [0.5, 0.6) is 5.75 Å². The van der Waals surface area contributed by atoms with E-state index in [1.807, 2.05) is 19.1 Å². The number of ether oxygens (including phenoxy) is 1. The van der Waals surface area contributed by atoms with Crippen LogP contribution in [0.1, 0.15) is 21.4 Å². The lowest BCUT2D eigenvalue weighted by atomic mass is 10.1. The van der Waals surface area contributed by atoms with Gasteiger partial charge < -0.3 is 15.2 Å². The van der Waals surface area contributed by atoms with Crippen molar-refractivity contribution in [2.45, 2.75) is 19.4 Å². The zero-order valence-corrected chi connectivity index (χ0v) is 15.0. The molecular formula is C16H16BrNO4S. The summed E-state index contributed by atoms with van der Waals surface area (Å²) in [6.45, 7) is 1.96. The van der Waals surface area contributed by atoms with E-state index in [0.717, 1.165) is 9.75 Å². The summed E-state index contributed by atoms with van der Waals surface area (Å²) in [5, 5.41) is 12.0. The van der Waals surface area contributed by atoms with Crippen molar-refractivity contribution in [1.82, 2.24) is 5.32 Å². The van der Waals surface area contributed by atoms with Crippen LogP contribution >= 0.6 is 27.3 Å². The van der Waals surface area contributed by atoms with E-state index in [2.05, 4.69) is 21.2 Å². The van der Waals surface area contributed by atoms with E-state index in [9.17, 15) is 14.7 Å². The molecule has 0 aliphatic heterocycles. The molecule has 2 rings (SSSR count). The van der Waals surface area contributed by atoms with Crippen LogP contribution in [0.4, 0.5) is 0 Å². The summed E-state index contributed by atoms with van der Waals surface area (Å²) in [5.41, 5.74) is 0.473. The van der Waals surface area contributed by atoms with Crippen LogP contribution in [0.2, 0.25) is 0 Å². The van der Waals surface area contributed by atoms with Crippen LogP contribution in [0, 0.1) is 6.92 Å². The second kappa shape index (κ2) is 7.61. The van der Waals surface area contributed by atoms with Crippen LogP contribution in [0.25, 0.3) is 0 Å². The molecule has 2 aromatic rings. The summed E-state index contributed by atoms with van der Waals surface area (Å²) in [7, 11) is 1.53. The number of aryl methyl sites for hydroxylation is 1. The van der Waals surface area contributed by atoms with Crippen molar-refractivity contribution in [3.8, 4) is 5.75 Å². The van der Waals surface area contributed by atoms with Crippen molar-refractivity contribution in [3.05, 3.63) is 50.1 Å². The highest BCUT2D eigenvalue weighted by molar-refractivity contribution is 9.10. The number of halogens is 1. The number of carbonyl (C=O) groups excluding carboxylic acids is 1. The number of hydrogen-bond donors (Lipinski definition) is 2. The van der Waals surface area contributed by atoms with E-state index in [1.165, 1.54) is 18.4 Å². The Labute approximate surface area is 146 Å². The molecule has 1 aromatic carbocycles. The van der Waals surface area contributed by atoms with Crippen LogP contribution in [-0.4, -0.2) is 24.1 Å². The molecule has 7 heteroatoms. The second-order valence-corrected chi connectivity index (χ2v) is 7.15. The van der Waals surface area contributed by atoms with E-state index in [0.29, 0.717) is 15.8 Å². The Morgan fingerprint density at radius 1 is 1.35 bits per heavy atom. The van der Waals surface area contributed by atoms with Crippen molar-refractivity contribution in [1.29, 1.82) is 0 Å². The highest BCUT2D eigenvalue weighted by Gasteiger charge is 2.23. The second-order valence-electron chi connectivity index (χ2n) is 4.92. The first-order valence-electron chi connectivity index (χ1n) is 6.81. The first-order chi connectivity index (χ1) is 10.9. The summed E-state index contributed by atoms with van der Waals surface area (Å²) < 4.78 is 5.75. The van der Waals surface area contributed by atoms with E-state index in [-0.39, 0.29) is 12.3 Å². The highest BCUT2D eigenvalue weighted by Crippen LogP contribution is 2.28. The lowest BCUT2D eigenvalue weighted by Crippen LogP contribution is -2.34. The minimum Gasteiger partial charge on any atom is -0.496 e. The molecule has 1 aromatic heterocycles. The summed E-state index contributed by atoms with van der Waals surface area (Å²) in [6, 6.07) is 7.61. The third-order valence-corrected chi connectivity index (χ3v) is 4.81. The third kappa shape index (κ3) is 4.56.